The van der Waals surface area contributed by atoms with E-state index < -0.39 is 0 Å². The number of hydrogen-bond acceptors (Lipinski definition) is 3. The van der Waals surface area contributed by atoms with E-state index in [1.807, 2.05) is 0 Å². The van der Waals surface area contributed by atoms with Gasteiger partial charge >= 0.3 is 0 Å². The van der Waals surface area contributed by atoms with E-state index in [1.165, 1.54) is 0 Å². The molecule has 17 heavy (non-hydrogen) atoms. The van der Waals surface area contributed by atoms with E-state index in [1.54, 1.807) is 6.92 Å². The molecule has 2 amide bonds. The maximum Gasteiger partial charge on any atom is 0.223 e. The molecule has 1 fully saturated rings. The number of primary amides is 1. The molecule has 1 saturated carbocycles. The zero-order valence-electron chi connectivity index (χ0n) is 10.4. The molecule has 98 valence electrons. The Kier molecular flexibility index (Phi) is 5.41. The minimum Gasteiger partial charge on any atom is -0.370 e. The van der Waals surface area contributed by atoms with Gasteiger partial charge in [-0.15, -0.1) is 0 Å². The highest BCUT2D eigenvalue weighted by Crippen LogP contribution is 2.28. The minimum absolute atomic E-state index is 0.0502. The minimum atomic E-state index is -0.385. The van der Waals surface area contributed by atoms with Crippen molar-refractivity contribution in [2.45, 2.75) is 45.1 Å². The Balaban J connectivity index is 2.31. The number of hydrogen-bond donors (Lipinski definition) is 3. The second-order valence-corrected chi connectivity index (χ2v) is 5.03. The Hall–Kier alpha value is -1.10. The van der Waals surface area contributed by atoms with Crippen LogP contribution in [0.1, 0.15) is 39.0 Å². The van der Waals surface area contributed by atoms with Crippen LogP contribution in [0.4, 0.5) is 0 Å². The lowest BCUT2D eigenvalue weighted by Gasteiger charge is -2.27. The molecule has 5 nitrogen and oxygen atoms in total. The maximum absolute atomic E-state index is 11.9. The summed E-state index contributed by atoms with van der Waals surface area (Å²) in [4.78, 5) is 22.6. The summed E-state index contributed by atoms with van der Waals surface area (Å²) in [5.74, 6) is 0.314. The molecule has 5 N–H and O–H groups in total. The number of nitrogens with one attached hydrogen (secondary N) is 1. The van der Waals surface area contributed by atoms with Gasteiger partial charge in [0, 0.05) is 18.4 Å². The van der Waals surface area contributed by atoms with Crippen molar-refractivity contribution in [1.82, 2.24) is 5.32 Å². The summed E-state index contributed by atoms with van der Waals surface area (Å²) in [5, 5.41) is 2.84. The van der Waals surface area contributed by atoms with Crippen LogP contribution in [0.5, 0.6) is 0 Å². The first-order chi connectivity index (χ1) is 8.02. The van der Waals surface area contributed by atoms with Crippen LogP contribution >= 0.6 is 0 Å². The highest BCUT2D eigenvalue weighted by Gasteiger charge is 2.26. The molecule has 0 saturated heterocycles. The number of carbonyl (C=O) groups is 2. The molecular formula is C12H23N3O2. The summed E-state index contributed by atoms with van der Waals surface area (Å²) in [7, 11) is 0. The summed E-state index contributed by atoms with van der Waals surface area (Å²) in [6.45, 7) is 2.51. The predicted molar refractivity (Wildman–Crippen MR) is 65.9 cm³/mol. The molecule has 1 atom stereocenters. The number of nitrogens with two attached hydrogens (primary N) is 2. The topological polar surface area (TPSA) is 98.2 Å². The van der Waals surface area contributed by atoms with Gasteiger partial charge in [0.15, 0.2) is 0 Å². The van der Waals surface area contributed by atoms with Crippen molar-refractivity contribution in [2.75, 3.05) is 6.54 Å². The molecule has 1 rings (SSSR count). The molecule has 0 aliphatic heterocycles. The van der Waals surface area contributed by atoms with Crippen molar-refractivity contribution >= 4 is 11.8 Å². The van der Waals surface area contributed by atoms with Gasteiger partial charge in [0.25, 0.3) is 0 Å². The van der Waals surface area contributed by atoms with Gasteiger partial charge in [0.2, 0.25) is 11.8 Å². The fraction of sp³-hybridized carbons (Fsp3) is 0.833. The summed E-state index contributed by atoms with van der Waals surface area (Å²) >= 11 is 0. The van der Waals surface area contributed by atoms with E-state index in [2.05, 4.69) is 5.32 Å². The summed E-state index contributed by atoms with van der Waals surface area (Å²) in [6.07, 6.45) is 4.05. The Morgan fingerprint density at radius 2 is 1.88 bits per heavy atom. The fourth-order valence-electron chi connectivity index (χ4n) is 2.37. The van der Waals surface area contributed by atoms with Crippen LogP contribution in [0.2, 0.25) is 0 Å². The van der Waals surface area contributed by atoms with Crippen LogP contribution in [0.25, 0.3) is 0 Å². The highest BCUT2D eigenvalue weighted by atomic mass is 16.2. The lowest BCUT2D eigenvalue weighted by atomic mass is 9.81. The van der Waals surface area contributed by atoms with Gasteiger partial charge in [-0.25, -0.2) is 0 Å². The summed E-state index contributed by atoms with van der Waals surface area (Å²) in [6, 6.07) is -0.174. The van der Waals surface area contributed by atoms with E-state index >= 15 is 0 Å². The third-order valence-electron chi connectivity index (χ3n) is 3.45. The molecule has 0 aromatic heterocycles. The molecule has 0 aromatic rings. The van der Waals surface area contributed by atoms with E-state index in [9.17, 15) is 9.59 Å². The van der Waals surface area contributed by atoms with Gasteiger partial charge in [0.1, 0.15) is 0 Å². The second kappa shape index (κ2) is 6.59. The molecule has 1 unspecified atom stereocenters. The third kappa shape index (κ3) is 4.73. The van der Waals surface area contributed by atoms with E-state index in [4.69, 9.17) is 11.5 Å². The molecule has 0 radical (unpaired) electrons. The van der Waals surface area contributed by atoms with Crippen LogP contribution in [0.15, 0.2) is 0 Å². The van der Waals surface area contributed by atoms with E-state index in [-0.39, 0.29) is 30.2 Å². The molecule has 0 spiro atoms. The van der Waals surface area contributed by atoms with Crippen LogP contribution < -0.4 is 16.8 Å². The van der Waals surface area contributed by atoms with Crippen LogP contribution in [0.3, 0.4) is 0 Å². The van der Waals surface area contributed by atoms with Crippen molar-refractivity contribution < 1.29 is 9.59 Å². The zero-order valence-corrected chi connectivity index (χ0v) is 10.4. The van der Waals surface area contributed by atoms with Crippen molar-refractivity contribution in [3.05, 3.63) is 0 Å². The number of rotatable bonds is 5. The first kappa shape index (κ1) is 14.0. The van der Waals surface area contributed by atoms with E-state index in [0.29, 0.717) is 12.5 Å². The highest BCUT2D eigenvalue weighted by molar-refractivity contribution is 5.80. The Bertz CT molecular complexity index is 273. The van der Waals surface area contributed by atoms with Gasteiger partial charge in [0.05, 0.1) is 0 Å². The molecule has 1 aliphatic rings. The number of amides is 2. The van der Waals surface area contributed by atoms with Crippen LogP contribution in [-0.2, 0) is 9.59 Å². The quantitative estimate of drug-likeness (QED) is 0.638. The lowest BCUT2D eigenvalue weighted by Crippen LogP contribution is -2.40. The largest absolute Gasteiger partial charge is 0.370 e. The maximum atomic E-state index is 11.9. The van der Waals surface area contributed by atoms with Gasteiger partial charge in [-0.05, 0) is 45.1 Å². The molecule has 1 aliphatic carbocycles. The van der Waals surface area contributed by atoms with Crippen LogP contribution in [-0.4, -0.2) is 24.4 Å². The third-order valence-corrected chi connectivity index (χ3v) is 3.45. The average Bonchev–Trinajstić information content (AvgIpc) is 2.28. The van der Waals surface area contributed by atoms with Gasteiger partial charge in [-0.1, -0.05) is 0 Å². The molecule has 5 heteroatoms. The van der Waals surface area contributed by atoms with Gasteiger partial charge in [-0.2, -0.15) is 0 Å². The van der Waals surface area contributed by atoms with Gasteiger partial charge < -0.3 is 16.8 Å². The van der Waals surface area contributed by atoms with Gasteiger partial charge in [-0.3, -0.25) is 9.59 Å². The van der Waals surface area contributed by atoms with Crippen LogP contribution in [0, 0.1) is 11.8 Å². The van der Waals surface area contributed by atoms with Crippen molar-refractivity contribution in [2.24, 2.45) is 23.3 Å². The zero-order chi connectivity index (χ0) is 12.8. The Morgan fingerprint density at radius 1 is 1.29 bits per heavy atom. The molecule has 0 aromatic carbocycles. The van der Waals surface area contributed by atoms with Crippen molar-refractivity contribution in [3.63, 3.8) is 0 Å². The smallest absolute Gasteiger partial charge is 0.223 e. The Morgan fingerprint density at radius 3 is 2.35 bits per heavy atom. The second-order valence-electron chi connectivity index (χ2n) is 5.03. The lowest BCUT2D eigenvalue weighted by molar-refractivity contribution is -0.127. The SMILES string of the molecule is CC(CC(N)=O)NC(=O)C1CCC(CN)CC1. The Labute approximate surface area is 102 Å². The van der Waals surface area contributed by atoms with Crippen molar-refractivity contribution in [3.8, 4) is 0 Å². The fourth-order valence-corrected chi connectivity index (χ4v) is 2.37. The predicted octanol–water partition coefficient (Wildman–Crippen LogP) is 0.132. The van der Waals surface area contributed by atoms with E-state index in [0.717, 1.165) is 25.7 Å². The first-order valence-electron chi connectivity index (χ1n) is 6.31. The monoisotopic (exact) mass is 241 g/mol. The summed E-state index contributed by atoms with van der Waals surface area (Å²) in [5.41, 5.74) is 10.7. The number of carbonyl (C=O) groups excluding carboxylic acids is 2. The standard InChI is InChI=1S/C12H23N3O2/c1-8(6-11(14)16)15-12(17)10-4-2-9(7-13)3-5-10/h8-10H,2-7,13H2,1H3,(H2,14,16)(H,15,17). The normalized spacial score (nSPS) is 26.2. The summed E-state index contributed by atoms with van der Waals surface area (Å²) < 4.78 is 0. The molecule has 0 heterocycles. The molecular weight excluding hydrogens is 218 g/mol. The first-order valence-corrected chi connectivity index (χ1v) is 6.31. The average molecular weight is 241 g/mol. The van der Waals surface area contributed by atoms with Crippen molar-refractivity contribution in [1.29, 1.82) is 0 Å². The molecule has 0 bridgehead atoms.